The summed E-state index contributed by atoms with van der Waals surface area (Å²) in [7, 11) is 1.80. The molecule has 1 aromatic carbocycles. The molecule has 0 bridgehead atoms. The van der Waals surface area contributed by atoms with Gasteiger partial charge in [-0.05, 0) is 13.0 Å². The fraction of sp³-hybridized carbons (Fsp3) is 0.400. The molecule has 130 valence electrons. The minimum absolute atomic E-state index is 0.125. The zero-order chi connectivity index (χ0) is 17.4. The van der Waals surface area contributed by atoms with E-state index in [1.165, 1.54) is 12.4 Å². The summed E-state index contributed by atoms with van der Waals surface area (Å²) in [6.07, 6.45) is 1.47. The minimum Gasteiger partial charge on any atom is -0.434 e. The van der Waals surface area contributed by atoms with E-state index in [-0.39, 0.29) is 12.3 Å². The molecule has 0 radical (unpaired) electrons. The van der Waals surface area contributed by atoms with E-state index in [4.69, 9.17) is 0 Å². The molecule has 1 heterocycles. The van der Waals surface area contributed by atoms with E-state index in [0.29, 0.717) is 24.6 Å². The van der Waals surface area contributed by atoms with Gasteiger partial charge in [-0.15, -0.1) is 0 Å². The van der Waals surface area contributed by atoms with Crippen molar-refractivity contribution in [1.82, 2.24) is 25.4 Å². The average Bonchev–Trinajstić information content (AvgIpc) is 2.96. The van der Waals surface area contributed by atoms with Gasteiger partial charge in [-0.2, -0.15) is 13.9 Å². The highest BCUT2D eigenvalue weighted by molar-refractivity contribution is 5.79. The molecule has 0 amide bonds. The Balaban J connectivity index is 2.04. The van der Waals surface area contributed by atoms with Crippen LogP contribution in [0.1, 0.15) is 18.3 Å². The molecule has 0 saturated heterocycles. The molecule has 0 aliphatic rings. The molecule has 0 aliphatic carbocycles. The van der Waals surface area contributed by atoms with Crippen molar-refractivity contribution in [2.75, 3.05) is 6.54 Å². The van der Waals surface area contributed by atoms with Crippen LogP contribution in [0.5, 0.6) is 5.75 Å². The van der Waals surface area contributed by atoms with Gasteiger partial charge >= 0.3 is 6.61 Å². The number of halogens is 2. The highest BCUT2D eigenvalue weighted by Crippen LogP contribution is 2.20. The van der Waals surface area contributed by atoms with Gasteiger partial charge < -0.3 is 15.4 Å². The number of aromatic nitrogens is 3. The van der Waals surface area contributed by atoms with Crippen molar-refractivity contribution in [1.29, 1.82) is 0 Å². The molecule has 0 unspecified atom stereocenters. The maximum atomic E-state index is 12.4. The second-order valence-corrected chi connectivity index (χ2v) is 4.83. The van der Waals surface area contributed by atoms with E-state index in [2.05, 4.69) is 30.4 Å². The van der Waals surface area contributed by atoms with Crippen molar-refractivity contribution in [3.8, 4) is 5.75 Å². The van der Waals surface area contributed by atoms with Crippen molar-refractivity contribution in [2.45, 2.75) is 26.6 Å². The Morgan fingerprint density at radius 2 is 2.12 bits per heavy atom. The first kappa shape index (κ1) is 17.6. The fourth-order valence-corrected chi connectivity index (χ4v) is 1.99. The third-order valence-electron chi connectivity index (χ3n) is 3.16. The summed E-state index contributed by atoms with van der Waals surface area (Å²) in [5, 5.41) is 10.2. The Bertz CT molecular complexity index is 673. The maximum absolute atomic E-state index is 12.4. The number of nitrogens with one attached hydrogen (secondary N) is 2. The second-order valence-electron chi connectivity index (χ2n) is 4.83. The summed E-state index contributed by atoms with van der Waals surface area (Å²) >= 11 is 0. The average molecular weight is 338 g/mol. The van der Waals surface area contributed by atoms with Gasteiger partial charge in [0.25, 0.3) is 0 Å². The van der Waals surface area contributed by atoms with Crippen LogP contribution in [-0.2, 0) is 20.1 Å². The van der Waals surface area contributed by atoms with Gasteiger partial charge in [-0.25, -0.2) is 9.98 Å². The standard InChI is InChI=1S/C15H20F2N6O/c1-3-18-15(20-9-13-21-10-22-23(13)2)19-8-11-6-4-5-7-12(11)24-14(16)17/h4-7,10,14H,3,8-9H2,1-2H3,(H2,18,19,20). The van der Waals surface area contributed by atoms with Crippen molar-refractivity contribution in [3.63, 3.8) is 0 Å². The minimum atomic E-state index is -2.86. The molecule has 2 aromatic rings. The van der Waals surface area contributed by atoms with Crippen LogP contribution in [0.15, 0.2) is 35.6 Å². The number of hydrogen-bond donors (Lipinski definition) is 2. The summed E-state index contributed by atoms with van der Waals surface area (Å²) in [5.41, 5.74) is 0.577. The van der Waals surface area contributed by atoms with Crippen LogP contribution in [0.4, 0.5) is 8.78 Å². The molecule has 9 heteroatoms. The van der Waals surface area contributed by atoms with Crippen LogP contribution in [0.2, 0.25) is 0 Å². The third-order valence-corrected chi connectivity index (χ3v) is 3.16. The van der Waals surface area contributed by atoms with Crippen molar-refractivity contribution in [2.24, 2.45) is 12.0 Å². The molecular weight excluding hydrogens is 318 g/mol. The predicted molar refractivity (Wildman–Crippen MR) is 85.7 cm³/mol. The zero-order valence-corrected chi connectivity index (χ0v) is 13.5. The summed E-state index contributed by atoms with van der Waals surface area (Å²) in [6, 6.07) is 6.59. The van der Waals surface area contributed by atoms with Crippen LogP contribution in [0, 0.1) is 0 Å². The van der Waals surface area contributed by atoms with Gasteiger partial charge in [0, 0.05) is 19.2 Å². The lowest BCUT2D eigenvalue weighted by Crippen LogP contribution is -2.37. The third kappa shape index (κ3) is 5.18. The number of nitrogens with zero attached hydrogens (tertiary/aromatic N) is 4. The number of aliphatic imine (C=N–C) groups is 1. The van der Waals surface area contributed by atoms with E-state index in [0.717, 1.165) is 5.82 Å². The lowest BCUT2D eigenvalue weighted by Gasteiger charge is -2.12. The van der Waals surface area contributed by atoms with Gasteiger partial charge in [0.2, 0.25) is 0 Å². The molecule has 0 atom stereocenters. The first-order chi connectivity index (χ1) is 11.6. The topological polar surface area (TPSA) is 76.4 Å². The largest absolute Gasteiger partial charge is 0.434 e. The van der Waals surface area contributed by atoms with E-state index < -0.39 is 6.61 Å². The van der Waals surface area contributed by atoms with Crippen molar-refractivity contribution < 1.29 is 13.5 Å². The zero-order valence-electron chi connectivity index (χ0n) is 13.5. The van der Waals surface area contributed by atoms with Crippen LogP contribution < -0.4 is 15.4 Å². The summed E-state index contributed by atoms with van der Waals surface area (Å²) in [4.78, 5) is 8.51. The molecule has 1 aromatic heterocycles. The molecule has 0 fully saturated rings. The van der Waals surface area contributed by atoms with Gasteiger partial charge in [-0.3, -0.25) is 4.68 Å². The lowest BCUT2D eigenvalue weighted by molar-refractivity contribution is -0.0504. The SMILES string of the molecule is CCNC(=NCc1ccccc1OC(F)F)NCc1ncnn1C. The Hall–Kier alpha value is -2.71. The second kappa shape index (κ2) is 8.80. The number of aryl methyl sites for hydroxylation is 1. The van der Waals surface area contributed by atoms with Crippen LogP contribution >= 0.6 is 0 Å². The smallest absolute Gasteiger partial charge is 0.387 e. The van der Waals surface area contributed by atoms with Crippen LogP contribution in [0.3, 0.4) is 0 Å². The van der Waals surface area contributed by atoms with E-state index >= 15 is 0 Å². The van der Waals surface area contributed by atoms with Gasteiger partial charge in [0.15, 0.2) is 5.96 Å². The maximum Gasteiger partial charge on any atom is 0.387 e. The van der Waals surface area contributed by atoms with Crippen molar-refractivity contribution in [3.05, 3.63) is 42.0 Å². The normalized spacial score (nSPS) is 11.6. The summed E-state index contributed by atoms with van der Waals surface area (Å²) in [5.74, 6) is 1.43. The van der Waals surface area contributed by atoms with Gasteiger partial charge in [-0.1, -0.05) is 18.2 Å². The fourth-order valence-electron chi connectivity index (χ4n) is 1.99. The Labute approximate surface area is 138 Å². The van der Waals surface area contributed by atoms with E-state index in [1.807, 2.05) is 6.92 Å². The molecule has 2 rings (SSSR count). The van der Waals surface area contributed by atoms with Crippen LogP contribution in [-0.4, -0.2) is 33.9 Å². The predicted octanol–water partition coefficient (Wildman–Crippen LogP) is 1.67. The Morgan fingerprint density at radius 1 is 1.33 bits per heavy atom. The van der Waals surface area contributed by atoms with Crippen LogP contribution in [0.25, 0.3) is 0 Å². The molecule has 0 saturated carbocycles. The summed E-state index contributed by atoms with van der Waals surface area (Å²) < 4.78 is 31.0. The Morgan fingerprint density at radius 3 is 2.79 bits per heavy atom. The number of ether oxygens (including phenoxy) is 1. The lowest BCUT2D eigenvalue weighted by atomic mass is 10.2. The van der Waals surface area contributed by atoms with Gasteiger partial charge in [0.1, 0.15) is 17.9 Å². The molecule has 2 N–H and O–H groups in total. The quantitative estimate of drug-likeness (QED) is 0.593. The highest BCUT2D eigenvalue weighted by atomic mass is 19.3. The monoisotopic (exact) mass is 338 g/mol. The molecular formula is C15H20F2N6O. The number of hydrogen-bond acceptors (Lipinski definition) is 4. The van der Waals surface area contributed by atoms with Gasteiger partial charge in [0.05, 0.1) is 13.1 Å². The first-order valence-corrected chi connectivity index (χ1v) is 7.48. The first-order valence-electron chi connectivity index (χ1n) is 7.48. The molecule has 7 nitrogen and oxygen atoms in total. The Kier molecular flexibility index (Phi) is 6.47. The molecule has 24 heavy (non-hydrogen) atoms. The number of alkyl halides is 2. The highest BCUT2D eigenvalue weighted by Gasteiger charge is 2.09. The summed E-state index contributed by atoms with van der Waals surface area (Å²) in [6.45, 7) is 0.388. The molecule has 0 spiro atoms. The van der Waals surface area contributed by atoms with E-state index in [9.17, 15) is 8.78 Å². The molecule has 0 aliphatic heterocycles. The van der Waals surface area contributed by atoms with E-state index in [1.54, 1.807) is 29.9 Å². The number of benzene rings is 1. The number of rotatable bonds is 7. The number of guanidine groups is 1. The number of para-hydroxylation sites is 1. The van der Waals surface area contributed by atoms with Crippen molar-refractivity contribution >= 4 is 5.96 Å².